The summed E-state index contributed by atoms with van der Waals surface area (Å²) >= 11 is 0. The molecule has 0 saturated carbocycles. The third-order valence-corrected chi connectivity index (χ3v) is 17.5. The van der Waals surface area contributed by atoms with E-state index >= 15 is 0 Å². The van der Waals surface area contributed by atoms with Gasteiger partial charge in [-0.15, -0.1) is 0 Å². The van der Waals surface area contributed by atoms with Crippen molar-refractivity contribution in [3.63, 3.8) is 0 Å². The van der Waals surface area contributed by atoms with E-state index in [4.69, 9.17) is 14.2 Å². The highest BCUT2D eigenvalue weighted by Crippen LogP contribution is 2.33. The maximum atomic E-state index is 14.0. The van der Waals surface area contributed by atoms with Crippen molar-refractivity contribution in [2.75, 3.05) is 20.6 Å². The lowest BCUT2D eigenvalue weighted by molar-refractivity contribution is -0.189. The molecule has 0 radical (unpaired) electrons. The number of fused-ring (bicyclic) bond motifs is 2. The summed E-state index contributed by atoms with van der Waals surface area (Å²) in [6.07, 6.45) is -10.4. The van der Waals surface area contributed by atoms with Crippen molar-refractivity contribution in [2.24, 2.45) is 46.4 Å². The van der Waals surface area contributed by atoms with Crippen LogP contribution in [0.1, 0.15) is 159 Å². The Morgan fingerprint density at radius 2 is 1.36 bits per heavy atom. The van der Waals surface area contributed by atoms with Crippen molar-refractivity contribution in [1.29, 1.82) is 0 Å². The van der Waals surface area contributed by atoms with E-state index < -0.39 is 176 Å². The number of nitrogens with one attached hydrogen (secondary N) is 2. The second-order valence-electron chi connectivity index (χ2n) is 24.9. The number of guanidine groups is 1. The Morgan fingerprint density at radius 1 is 0.733 bits per heavy atom. The Balaban J connectivity index is 2.49. The van der Waals surface area contributed by atoms with E-state index in [9.17, 15) is 85.9 Å². The van der Waals surface area contributed by atoms with Gasteiger partial charge in [-0.1, -0.05) is 90.0 Å². The number of ether oxygens (including phenoxy) is 3. The van der Waals surface area contributed by atoms with Crippen molar-refractivity contribution >= 4 is 23.9 Å². The highest BCUT2D eigenvalue weighted by atomic mass is 16.6. The summed E-state index contributed by atoms with van der Waals surface area (Å²) < 4.78 is 17.8. The zero-order chi connectivity index (χ0) is 65.1. The number of hydrogen-bond donors (Lipinski definition) is 16. The third-order valence-electron chi connectivity index (χ3n) is 17.5. The fourth-order valence-corrected chi connectivity index (χ4v) is 11.2. The van der Waals surface area contributed by atoms with Crippen molar-refractivity contribution < 1.29 is 100 Å². The number of carboxylic acids is 1. The van der Waals surface area contributed by atoms with Crippen molar-refractivity contribution in [1.82, 2.24) is 10.6 Å². The molecule has 1 fully saturated rings. The molecule has 86 heavy (non-hydrogen) atoms. The summed E-state index contributed by atoms with van der Waals surface area (Å²) in [5.41, 5.74) is 1.48. The number of aliphatic imine (C=N–C) groups is 1. The Morgan fingerprint density at radius 3 is 1.99 bits per heavy atom. The first kappa shape index (κ1) is 78.2. The quantitative estimate of drug-likeness (QED) is 0.0333. The van der Waals surface area contributed by atoms with E-state index in [-0.39, 0.29) is 50.9 Å². The van der Waals surface area contributed by atoms with Crippen LogP contribution in [-0.4, -0.2) is 220 Å². The molecule has 2 rings (SSSR count). The fraction of sp³-hybridized carbons (Fsp3) is 0.810. The average Bonchev–Trinajstić information content (AvgIpc) is 3.54. The Labute approximate surface area is 510 Å². The molecular formula is C63H111N3O20. The molecule has 0 aromatic rings. The van der Waals surface area contributed by atoms with Crippen LogP contribution in [0.4, 0.5) is 0 Å². The zero-order valence-electron chi connectivity index (χ0n) is 52.8. The molecule has 498 valence electrons. The standard InChI is InChI=1S/C63H111N3O20/c1-34(18-14-12-13-17-25-66-63(64-10)65-11)26-38(5)61-37(4)19-15-16-20-48(70)58(80)41(8)59(81)52(74)28-43(67)27-44(85-56(78)33-55(76)77)29-45-30-53(75)60(82)54(84-45)32-49(71)35(2)21-23-46(68)39(6)50(72)31-51(73)40(7)47(69)24-22-36(3)57(79)42(9)62(83)86-61/h15-16,18-20,22,35,37-54,57-61,67-75,79-82H,12-14,17,21,23-33H2,1-11H3,(H,76,77)(H2,64,65,66). The summed E-state index contributed by atoms with van der Waals surface area (Å²) in [5, 5.41) is 160. The number of aliphatic hydroxyl groups is 13. The second kappa shape index (κ2) is 40.0. The van der Waals surface area contributed by atoms with Crippen LogP contribution < -0.4 is 10.6 Å². The summed E-state index contributed by atoms with van der Waals surface area (Å²) in [5.74, 6) is -7.52. The van der Waals surface area contributed by atoms with E-state index in [1.54, 1.807) is 60.0 Å². The van der Waals surface area contributed by atoms with Gasteiger partial charge in [0, 0.05) is 76.4 Å². The van der Waals surface area contributed by atoms with Crippen LogP contribution >= 0.6 is 0 Å². The Hall–Kier alpha value is -3.92. The van der Waals surface area contributed by atoms with E-state index in [0.717, 1.165) is 43.8 Å². The van der Waals surface area contributed by atoms with Gasteiger partial charge in [-0.3, -0.25) is 19.4 Å². The molecule has 24 atom stereocenters. The number of unbranched alkanes of at least 4 members (excludes halogenated alkanes) is 3. The SMILES string of the molecule is CN=C(NC)NCCCCCC=C(C)CC(C)C1OC(=O)C(C)C(O)C(C)=CCC(O)C(C)C(O)CC(O)C(C)C(O)CCC(C)C(O)CC2OC(CC(OC(=O)CC(=O)O)CC(O)CC(O)C(O)C(C)C(O)C(O)C=CC=CC1C)CC(O)C2O. The lowest BCUT2D eigenvalue weighted by Crippen LogP contribution is -2.50. The number of hydrogen-bond acceptors (Lipinski definition) is 20. The highest BCUT2D eigenvalue weighted by Gasteiger charge is 2.41. The number of carbonyl (C=O) groups is 3. The van der Waals surface area contributed by atoms with Crippen LogP contribution in [0.3, 0.4) is 0 Å². The van der Waals surface area contributed by atoms with Crippen LogP contribution in [0.15, 0.2) is 52.6 Å². The number of nitrogens with zero attached hydrogens (tertiary/aromatic N) is 1. The van der Waals surface area contributed by atoms with E-state index in [1.165, 1.54) is 26.0 Å². The maximum absolute atomic E-state index is 14.0. The van der Waals surface area contributed by atoms with Crippen LogP contribution in [0, 0.1) is 41.4 Å². The van der Waals surface area contributed by atoms with Crippen LogP contribution in [-0.2, 0) is 28.6 Å². The Kier molecular flexibility index (Phi) is 36.3. The highest BCUT2D eigenvalue weighted by molar-refractivity contribution is 5.90. The second-order valence-corrected chi connectivity index (χ2v) is 24.9. The summed E-state index contributed by atoms with van der Waals surface area (Å²) in [6.45, 7) is 16.1. The van der Waals surface area contributed by atoms with Gasteiger partial charge in [0.1, 0.15) is 24.7 Å². The van der Waals surface area contributed by atoms with Gasteiger partial charge in [-0.25, -0.2) is 0 Å². The minimum Gasteiger partial charge on any atom is -0.481 e. The van der Waals surface area contributed by atoms with E-state index in [1.807, 2.05) is 20.8 Å². The van der Waals surface area contributed by atoms with Gasteiger partial charge in [0.25, 0.3) is 0 Å². The smallest absolute Gasteiger partial charge is 0.317 e. The number of carbonyl (C=O) groups excluding carboxylic acids is 2. The maximum Gasteiger partial charge on any atom is 0.317 e. The molecule has 2 aliphatic rings. The van der Waals surface area contributed by atoms with Crippen molar-refractivity contribution in [3.05, 3.63) is 47.6 Å². The first-order valence-electron chi connectivity index (χ1n) is 31.0. The molecule has 0 amide bonds. The molecule has 1 saturated heterocycles. The topological polar surface area (TPSA) is 399 Å². The number of allylic oxidation sites excluding steroid dienone is 4. The van der Waals surface area contributed by atoms with Crippen molar-refractivity contribution in [2.45, 2.75) is 262 Å². The lowest BCUT2D eigenvalue weighted by atomic mass is 9.84. The summed E-state index contributed by atoms with van der Waals surface area (Å²) in [4.78, 5) is 42.1. The molecule has 2 heterocycles. The molecule has 16 N–H and O–H groups in total. The monoisotopic (exact) mass is 1230 g/mol. The number of aliphatic hydroxyl groups excluding tert-OH is 13. The van der Waals surface area contributed by atoms with E-state index in [2.05, 4.69) is 21.7 Å². The first-order valence-corrected chi connectivity index (χ1v) is 31.0. The van der Waals surface area contributed by atoms with Gasteiger partial charge in [-0.05, 0) is 89.5 Å². The molecule has 0 aromatic heterocycles. The normalized spacial score (nSPS) is 38.1. The zero-order valence-corrected chi connectivity index (χ0v) is 52.8. The average molecular weight is 1230 g/mol. The number of esters is 2. The predicted octanol–water partition coefficient (Wildman–Crippen LogP) is 2.47. The first-order chi connectivity index (χ1) is 40.3. The fourth-order valence-electron chi connectivity index (χ4n) is 11.2. The third kappa shape index (κ3) is 27.4. The minimum absolute atomic E-state index is 0.00970. The number of aliphatic carboxylic acids is 1. The molecule has 24 unspecified atom stereocenters. The van der Waals surface area contributed by atoms with Crippen LogP contribution in [0.5, 0.6) is 0 Å². The predicted molar refractivity (Wildman–Crippen MR) is 324 cm³/mol. The number of cyclic esters (lactones) is 1. The molecule has 23 heteroatoms. The molecule has 23 nitrogen and oxygen atoms in total. The Bertz CT molecular complexity index is 2130. The van der Waals surface area contributed by atoms with Gasteiger partial charge in [0.15, 0.2) is 5.96 Å². The van der Waals surface area contributed by atoms with Gasteiger partial charge < -0.3 is 96.3 Å². The molecule has 2 aliphatic heterocycles. The summed E-state index contributed by atoms with van der Waals surface area (Å²) in [7, 11) is 3.51. The molecule has 0 aromatic carbocycles. The van der Waals surface area contributed by atoms with Crippen molar-refractivity contribution in [3.8, 4) is 0 Å². The van der Waals surface area contributed by atoms with Gasteiger partial charge in [-0.2, -0.15) is 0 Å². The minimum atomic E-state index is -1.71. The van der Waals surface area contributed by atoms with E-state index in [0.29, 0.717) is 12.0 Å². The van der Waals surface area contributed by atoms with Gasteiger partial charge in [0.2, 0.25) is 0 Å². The van der Waals surface area contributed by atoms with Gasteiger partial charge in [0.05, 0.1) is 91.4 Å². The number of carboxylic acid groups (broad SMARTS) is 1. The molecule has 2 bridgehead atoms. The molecular weight excluding hydrogens is 1120 g/mol. The lowest BCUT2D eigenvalue weighted by Gasteiger charge is -2.40. The van der Waals surface area contributed by atoms with Crippen LogP contribution in [0.2, 0.25) is 0 Å². The molecule has 0 spiro atoms. The van der Waals surface area contributed by atoms with Gasteiger partial charge >= 0.3 is 17.9 Å². The van der Waals surface area contributed by atoms with Crippen LogP contribution in [0.25, 0.3) is 0 Å². The largest absolute Gasteiger partial charge is 0.481 e. The number of rotatable bonds is 12. The molecule has 0 aliphatic carbocycles. The summed E-state index contributed by atoms with van der Waals surface area (Å²) in [6, 6.07) is 0.